The zero-order valence-electron chi connectivity index (χ0n) is 84.4. The minimum absolute atomic E-state index is 0.0239. The van der Waals surface area contributed by atoms with E-state index in [0.29, 0.717) is 117 Å². The van der Waals surface area contributed by atoms with Crippen molar-refractivity contribution in [3.63, 3.8) is 0 Å². The summed E-state index contributed by atoms with van der Waals surface area (Å²) in [5.74, 6) is 2.03. The molecule has 0 heterocycles. The molecule has 7 atom stereocenters. The van der Waals surface area contributed by atoms with E-state index in [9.17, 15) is 85.1 Å². The van der Waals surface area contributed by atoms with Crippen molar-refractivity contribution < 1.29 is 131 Å². The van der Waals surface area contributed by atoms with Crippen LogP contribution in [0.1, 0.15) is 155 Å². The number of halogens is 1. The Labute approximate surface area is 824 Å². The Bertz CT molecular complexity index is 4690. The van der Waals surface area contributed by atoms with E-state index >= 15 is 0 Å². The molecule has 0 saturated heterocycles. The summed E-state index contributed by atoms with van der Waals surface area (Å²) < 4.78 is 114. The summed E-state index contributed by atoms with van der Waals surface area (Å²) in [5, 5.41) is 101. The second-order valence-electron chi connectivity index (χ2n) is 26.1. The van der Waals surface area contributed by atoms with Crippen LogP contribution < -0.4 is 23.7 Å². The number of benzene rings is 6. The Kier molecular flexibility index (Phi) is 70.1. The van der Waals surface area contributed by atoms with Crippen LogP contribution in [-0.2, 0) is 27.4 Å². The summed E-state index contributed by atoms with van der Waals surface area (Å²) >= 11 is 19.6. The molecule has 6 rings (SSSR count). The Morgan fingerprint density at radius 1 is 0.478 bits per heavy atom. The van der Waals surface area contributed by atoms with Gasteiger partial charge in [-0.2, -0.15) is 0 Å². The topological polar surface area (TPSA) is 565 Å². The van der Waals surface area contributed by atoms with E-state index in [0.717, 1.165) is 18.2 Å². The Morgan fingerprint density at radius 2 is 0.769 bits per heavy atom. The van der Waals surface area contributed by atoms with Crippen LogP contribution in [0.25, 0.3) is 9.69 Å². The predicted molar refractivity (Wildman–Crippen MR) is 536 cm³/mol. The first-order valence-corrected chi connectivity index (χ1v) is 47.1. The smallest absolute Gasteiger partial charge is 0.403 e. The Balaban J connectivity index is -0.000000791. The molecule has 0 aromatic heterocycles. The molecule has 0 radical (unpaired) electrons. The van der Waals surface area contributed by atoms with Crippen LogP contribution in [0.15, 0.2) is 109 Å². The summed E-state index contributed by atoms with van der Waals surface area (Å²) in [4.78, 5) is 109. The molecule has 54 heteroatoms. The Hall–Kier alpha value is -8.93. The number of hydrogen-bond donors (Lipinski definition) is 11. The quantitative estimate of drug-likeness (QED) is 0.00194. The molecule has 7 unspecified atom stereocenters. The third kappa shape index (κ3) is 59.8. The molecular formula is C80H121B4ClN9O33P3S4. The van der Waals surface area contributed by atoms with Crippen molar-refractivity contribution in [3.05, 3.63) is 226 Å². The van der Waals surface area contributed by atoms with Crippen molar-refractivity contribution >= 4 is 165 Å². The number of rotatable bonds is 52. The van der Waals surface area contributed by atoms with Gasteiger partial charge in [0.1, 0.15) is 47.7 Å². The van der Waals surface area contributed by atoms with Gasteiger partial charge in [-0.15, -0.1) is 0 Å². The minimum Gasteiger partial charge on any atom is -0.508 e. The molecule has 0 aliphatic rings. The lowest BCUT2D eigenvalue weighted by Crippen LogP contribution is -2.34. The van der Waals surface area contributed by atoms with E-state index in [-0.39, 0.29) is 161 Å². The lowest BCUT2D eigenvalue weighted by Gasteiger charge is -2.36. The van der Waals surface area contributed by atoms with Gasteiger partial charge < -0.3 is 96.3 Å². The SMILES string of the molecule is CC(OP(C)O)c1cc(OCCCOC(=O)Cl)ccc1[N+](=O)[O-].O=Cc1cc(O)ccc1[N+](=O)[O-].[2H]B(C)S.[2H]B(C)S.[2H]B(C)S.[2H]B(C)S.[3H]OCCCOc1ccc([N+](=O)[O-])c(C(C)O)c1.[3H]OCCCOc1ccc([N+](=O)[O-])c(C(C)OP(C)OCC[N+]#[C-])c1.[3H]OCCCOc1ccc([N+](=O)[O-])c(C(C)OP(OCC[N+]#[C-])N(C(C)C)C(C)C)c1.[3H]OCCCOc1ccc([N+](=O)[O-])c(C=O)c1. The summed E-state index contributed by atoms with van der Waals surface area (Å²) in [6.45, 7) is 41.1. The molecular weight excluding hydrogens is 1910 g/mol. The molecule has 0 aliphatic heterocycles. The maximum atomic E-state index is 11.6. The highest BCUT2D eigenvalue weighted by Gasteiger charge is 2.33. The second kappa shape index (κ2) is 81.3. The first-order valence-electron chi connectivity index (χ1n) is 44.1. The lowest BCUT2D eigenvalue weighted by molar-refractivity contribution is -0.386. The van der Waals surface area contributed by atoms with Crippen molar-refractivity contribution in [2.24, 2.45) is 0 Å². The van der Waals surface area contributed by atoms with Crippen LogP contribution in [0.5, 0.6) is 34.5 Å². The molecule has 0 saturated carbocycles. The van der Waals surface area contributed by atoms with Crippen molar-refractivity contribution in [1.82, 2.24) is 4.67 Å². The number of carbonyl (C=O) groups excluding carboxylic acids is 3. The molecule has 0 amide bonds. The fraction of sp³-hybridized carbons (Fsp3) is 0.487. The summed E-state index contributed by atoms with van der Waals surface area (Å²) in [6, 6.07) is 25.0. The third-order valence-corrected chi connectivity index (χ3v) is 19.3. The average Bonchev–Trinajstić information content (AvgIpc) is 0.809. The number of hydrogen-bond acceptors (Lipinski definition) is 38. The van der Waals surface area contributed by atoms with Crippen LogP contribution in [-0.4, -0.2) is 243 Å². The second-order valence-corrected chi connectivity index (χ2v) is 32.4. The third-order valence-electron chi connectivity index (χ3n) is 15.2. The molecule has 0 fully saturated rings. The monoisotopic (exact) mass is 2050 g/mol. The molecule has 6 aromatic rings. The zero-order chi connectivity index (χ0) is 109. The van der Waals surface area contributed by atoms with E-state index < -0.39 is 84.7 Å². The number of phenolic OH excluding ortho intramolecular Hbond substituents is 1. The highest BCUT2D eigenvalue weighted by atomic mass is 35.5. The first kappa shape index (κ1) is 116. The number of carbonyl (C=O) groups is 3. The predicted octanol–water partition coefficient (Wildman–Crippen LogP) is 16.7. The maximum Gasteiger partial charge on any atom is 0.403 e. The van der Waals surface area contributed by atoms with Gasteiger partial charge in [-0.25, -0.2) is 72.5 Å². The number of aromatic hydroxyl groups is 1. The van der Waals surface area contributed by atoms with Gasteiger partial charge in [0.25, 0.3) is 42.7 Å². The fourth-order valence-electron chi connectivity index (χ4n) is 9.84. The van der Waals surface area contributed by atoms with Gasteiger partial charge in [-0.1, -0.05) is 27.3 Å². The number of thiol groups is 4. The van der Waals surface area contributed by atoms with E-state index in [4.69, 9.17) is 87.2 Å². The van der Waals surface area contributed by atoms with Gasteiger partial charge in [-0.3, -0.25) is 70.3 Å². The van der Waals surface area contributed by atoms with Crippen molar-refractivity contribution in [2.45, 2.75) is 151 Å². The molecule has 6 aromatic carbocycles. The number of phenols is 1. The molecule has 7 N–H and O–H groups in total. The molecule has 134 heavy (non-hydrogen) atoms. The van der Waals surface area contributed by atoms with Crippen LogP contribution in [0, 0.1) is 73.8 Å². The molecule has 742 valence electrons. The zero-order valence-corrected chi connectivity index (χ0v) is 83.4. The fourth-order valence-corrected chi connectivity index (χ4v) is 13.1. The lowest BCUT2D eigenvalue weighted by atomic mass is 10.1. The normalized spacial score (nSPS) is 12.4. The van der Waals surface area contributed by atoms with Gasteiger partial charge in [0, 0.05) is 132 Å². The molecule has 0 aliphatic carbocycles. The van der Waals surface area contributed by atoms with Crippen molar-refractivity contribution in [3.8, 4) is 34.5 Å². The highest BCUT2D eigenvalue weighted by molar-refractivity contribution is 8.07. The van der Waals surface area contributed by atoms with E-state index in [1.807, 2.05) is 27.7 Å². The first-order chi connectivity index (χ1) is 66.8. The van der Waals surface area contributed by atoms with Crippen LogP contribution in [0.4, 0.5) is 38.9 Å². The van der Waals surface area contributed by atoms with Crippen LogP contribution in [0.2, 0.25) is 27.3 Å². The largest absolute Gasteiger partial charge is 0.508 e. The molecule has 0 spiro atoms. The minimum atomic E-state index is -1.65. The van der Waals surface area contributed by atoms with Crippen molar-refractivity contribution in [2.75, 3.05) is 106 Å². The van der Waals surface area contributed by atoms with E-state index in [1.54, 1.807) is 72.9 Å². The van der Waals surface area contributed by atoms with E-state index in [1.165, 1.54) is 86.4 Å². The molecule has 0 bridgehead atoms. The van der Waals surface area contributed by atoms with E-state index in [2.05, 4.69) is 89.5 Å². The highest BCUT2D eigenvalue weighted by Crippen LogP contribution is 2.51. The number of aliphatic hydroxyl groups excluding tert-OH is 5. The average molecular weight is 2050 g/mol. The van der Waals surface area contributed by atoms with Gasteiger partial charge in [0.15, 0.2) is 55.4 Å². The number of ether oxygens (including phenoxy) is 6. The molecule has 42 nitrogen and oxygen atoms in total. The van der Waals surface area contributed by atoms with Gasteiger partial charge in [-0.05, 0) is 134 Å². The number of aldehydes is 2. The summed E-state index contributed by atoms with van der Waals surface area (Å²) in [5.41, 5.74) is -0.648. The maximum absolute atomic E-state index is 11.6. The Morgan fingerprint density at radius 3 is 1.07 bits per heavy atom. The van der Waals surface area contributed by atoms with Crippen molar-refractivity contribution in [1.29, 1.82) is 11.1 Å². The van der Waals surface area contributed by atoms with Crippen LogP contribution >= 0.6 is 86.8 Å². The standard InChI is InChI=1S/C20H32N3O6P.C15H21N2O6P.C13H17ClNO7P.C11H15NO5.C10H11NO5.C7H5NO4.4CH5BS/c1-15(2)22(16(3)4)30(28-13-10-21-6)29-17(5)19-14-18(27-12-7-11-24)8-9-20(19)23(25)26;1-12(23-24(3)22-10-7-16-2)14-11-13(21-9-4-8-18)5-6-15(14)17(19)20;1-9(22-23(2)19)11-8-10(4-5-12(11)15(17)18)20-6-3-7-21-13(14)16;1-8(14)10-7-9(17-6-2-5-13)3-4-11(10)12(15)16;12-4-1-5-16-9-2-3-10(11(14)15)8(6-9)7-13;9-4-5-3-6(10)1-2-7(5)8(11)12;4*1-2-3/h8-9,14-17,24H,7,10-13H2,1-5H3;5-6,11-12,18H,4,7-10H2,1,3H3;4-5,8-9,19H,3,6-7H2,1-2H3;3-4,7-8,13-14H,2,5-6H2,1H3;2-3,6-7,12H,1,4-5H2;1-4,10H;4*2-3H,1H3/i24T;18T;;13T;12T;;4*2D. The van der Waals surface area contributed by atoms with Gasteiger partial charge >= 0.3 is 5.43 Å². The number of nitrogens with zero attached hydrogens (tertiary/aromatic N) is 9. The number of aliphatic hydroxyl groups is 5. The van der Waals surface area contributed by atoms with Crippen LogP contribution in [0.3, 0.4) is 0 Å². The number of nitro groups is 6. The summed E-state index contributed by atoms with van der Waals surface area (Å²) in [6.07, 6.45) is 0.508. The van der Waals surface area contributed by atoms with Gasteiger partial charge in [0.05, 0.1) is 127 Å². The van der Waals surface area contributed by atoms with Gasteiger partial charge in [0.2, 0.25) is 18.8 Å². The number of nitro benzene ring substituents is 6. The summed E-state index contributed by atoms with van der Waals surface area (Å²) in [7, 11) is -4.45.